The first kappa shape index (κ1) is 12.0. The van der Waals surface area contributed by atoms with Crippen molar-refractivity contribution in [2.45, 2.75) is 31.4 Å². The molecule has 1 aliphatic carbocycles. The van der Waals surface area contributed by atoms with Crippen LogP contribution in [0.25, 0.3) is 0 Å². The molecule has 2 atom stereocenters. The zero-order chi connectivity index (χ0) is 12.3. The van der Waals surface area contributed by atoms with Crippen LogP contribution >= 0.6 is 0 Å². The molecule has 0 aliphatic heterocycles. The molecule has 94 valence electrons. The third-order valence-corrected chi connectivity index (χ3v) is 3.22. The lowest BCUT2D eigenvalue weighted by molar-refractivity contribution is 0.172. The third kappa shape index (κ3) is 2.64. The molecular formula is C13H19NO3. The van der Waals surface area contributed by atoms with Crippen LogP contribution in [0.3, 0.4) is 0 Å². The highest BCUT2D eigenvalue weighted by atomic mass is 16.5. The standard InChI is InChI=1S/C13H19NO3/c1-16-12-7-6-9(8-13(12)17-2)14-10-4-3-5-11(10)15/h6-8,10-11,14-15H,3-5H2,1-2H3/t10-,11-/m1/s1. The van der Waals surface area contributed by atoms with Gasteiger partial charge in [0, 0.05) is 11.8 Å². The van der Waals surface area contributed by atoms with E-state index in [4.69, 9.17) is 9.47 Å². The second kappa shape index (κ2) is 5.27. The normalized spacial score (nSPS) is 23.5. The molecule has 0 unspecified atom stereocenters. The van der Waals surface area contributed by atoms with E-state index in [0.29, 0.717) is 11.5 Å². The Bertz CT molecular complexity index is 381. The average Bonchev–Trinajstić information content (AvgIpc) is 2.75. The number of benzene rings is 1. The predicted molar refractivity (Wildman–Crippen MR) is 66.8 cm³/mol. The fourth-order valence-electron chi connectivity index (χ4n) is 2.25. The molecule has 0 bridgehead atoms. The quantitative estimate of drug-likeness (QED) is 0.841. The van der Waals surface area contributed by atoms with Gasteiger partial charge >= 0.3 is 0 Å². The molecule has 1 aromatic carbocycles. The Morgan fingerprint density at radius 2 is 1.94 bits per heavy atom. The number of ether oxygens (including phenoxy) is 2. The van der Waals surface area contributed by atoms with Gasteiger partial charge in [0.1, 0.15) is 0 Å². The lowest BCUT2D eigenvalue weighted by Crippen LogP contribution is -2.27. The fourth-order valence-corrected chi connectivity index (χ4v) is 2.25. The van der Waals surface area contributed by atoms with Gasteiger partial charge in [-0.1, -0.05) is 0 Å². The van der Waals surface area contributed by atoms with E-state index in [2.05, 4.69) is 5.32 Å². The number of aliphatic hydroxyl groups excluding tert-OH is 1. The maximum absolute atomic E-state index is 9.76. The molecule has 0 spiro atoms. The van der Waals surface area contributed by atoms with E-state index in [0.717, 1.165) is 24.9 Å². The van der Waals surface area contributed by atoms with E-state index in [1.54, 1.807) is 14.2 Å². The van der Waals surface area contributed by atoms with Gasteiger partial charge in [-0.15, -0.1) is 0 Å². The molecule has 1 saturated carbocycles. The van der Waals surface area contributed by atoms with E-state index < -0.39 is 0 Å². The number of rotatable bonds is 4. The summed E-state index contributed by atoms with van der Waals surface area (Å²) in [6, 6.07) is 5.84. The molecule has 4 nitrogen and oxygen atoms in total. The minimum atomic E-state index is -0.247. The number of aliphatic hydroxyl groups is 1. The van der Waals surface area contributed by atoms with Gasteiger partial charge in [-0.05, 0) is 31.4 Å². The summed E-state index contributed by atoms with van der Waals surface area (Å²) in [6.07, 6.45) is 2.72. The average molecular weight is 237 g/mol. The highest BCUT2D eigenvalue weighted by Gasteiger charge is 2.24. The molecule has 0 amide bonds. The molecule has 0 heterocycles. The minimum Gasteiger partial charge on any atom is -0.493 e. The van der Waals surface area contributed by atoms with E-state index >= 15 is 0 Å². The lowest BCUT2D eigenvalue weighted by Gasteiger charge is -2.18. The molecule has 2 N–H and O–H groups in total. The summed E-state index contributed by atoms with van der Waals surface area (Å²) >= 11 is 0. The molecule has 0 radical (unpaired) electrons. The highest BCUT2D eigenvalue weighted by Crippen LogP contribution is 2.31. The third-order valence-electron chi connectivity index (χ3n) is 3.22. The highest BCUT2D eigenvalue weighted by molar-refractivity contribution is 5.55. The first-order chi connectivity index (χ1) is 8.24. The van der Waals surface area contributed by atoms with Crippen molar-refractivity contribution < 1.29 is 14.6 Å². The van der Waals surface area contributed by atoms with Crippen LogP contribution in [0.4, 0.5) is 5.69 Å². The first-order valence-electron chi connectivity index (χ1n) is 5.91. The maximum atomic E-state index is 9.76. The van der Waals surface area contributed by atoms with Crippen molar-refractivity contribution in [2.24, 2.45) is 0 Å². The summed E-state index contributed by atoms with van der Waals surface area (Å²) in [6.45, 7) is 0. The first-order valence-corrected chi connectivity index (χ1v) is 5.91. The van der Waals surface area contributed by atoms with E-state index in [1.165, 1.54) is 0 Å². The van der Waals surface area contributed by atoms with Gasteiger partial charge in [0.05, 0.1) is 26.4 Å². The number of anilines is 1. The van der Waals surface area contributed by atoms with Crippen LogP contribution in [0, 0.1) is 0 Å². The predicted octanol–water partition coefficient (Wildman–Crippen LogP) is 2.03. The van der Waals surface area contributed by atoms with Gasteiger partial charge in [-0.2, -0.15) is 0 Å². The Morgan fingerprint density at radius 1 is 1.18 bits per heavy atom. The van der Waals surface area contributed by atoms with Crippen LogP contribution in [0.2, 0.25) is 0 Å². The van der Waals surface area contributed by atoms with Crippen molar-refractivity contribution in [3.8, 4) is 11.5 Å². The topological polar surface area (TPSA) is 50.7 Å². The van der Waals surface area contributed by atoms with Crippen LogP contribution in [0.15, 0.2) is 18.2 Å². The summed E-state index contributed by atoms with van der Waals surface area (Å²) in [4.78, 5) is 0. The Labute approximate surface area is 102 Å². The summed E-state index contributed by atoms with van der Waals surface area (Å²) in [5.74, 6) is 1.41. The SMILES string of the molecule is COc1ccc(N[C@@H]2CCC[C@H]2O)cc1OC. The molecule has 0 aromatic heterocycles. The second-order valence-corrected chi connectivity index (χ2v) is 4.32. The van der Waals surface area contributed by atoms with Crippen molar-refractivity contribution in [2.75, 3.05) is 19.5 Å². The Morgan fingerprint density at radius 3 is 2.53 bits per heavy atom. The second-order valence-electron chi connectivity index (χ2n) is 4.32. The molecule has 2 rings (SSSR count). The van der Waals surface area contributed by atoms with Gasteiger partial charge in [-0.25, -0.2) is 0 Å². The van der Waals surface area contributed by atoms with Crippen LogP contribution < -0.4 is 14.8 Å². The van der Waals surface area contributed by atoms with Crippen molar-refractivity contribution in [3.05, 3.63) is 18.2 Å². The largest absolute Gasteiger partial charge is 0.493 e. The molecule has 17 heavy (non-hydrogen) atoms. The Hall–Kier alpha value is -1.42. The van der Waals surface area contributed by atoms with Crippen LogP contribution in [-0.2, 0) is 0 Å². The van der Waals surface area contributed by atoms with Gasteiger partial charge in [0.15, 0.2) is 11.5 Å². The van der Waals surface area contributed by atoms with Gasteiger partial charge in [-0.3, -0.25) is 0 Å². The van der Waals surface area contributed by atoms with Gasteiger partial charge < -0.3 is 19.9 Å². The van der Waals surface area contributed by atoms with E-state index in [-0.39, 0.29) is 12.1 Å². The summed E-state index contributed by atoms with van der Waals surface area (Å²) in [5, 5.41) is 13.1. The van der Waals surface area contributed by atoms with Crippen LogP contribution in [0.1, 0.15) is 19.3 Å². The number of hydrogen-bond donors (Lipinski definition) is 2. The molecule has 1 fully saturated rings. The van der Waals surface area contributed by atoms with E-state index in [1.807, 2.05) is 18.2 Å². The lowest BCUT2D eigenvalue weighted by atomic mass is 10.2. The van der Waals surface area contributed by atoms with Crippen LogP contribution in [-0.4, -0.2) is 31.5 Å². The smallest absolute Gasteiger partial charge is 0.162 e. The van der Waals surface area contributed by atoms with Gasteiger partial charge in [0.25, 0.3) is 0 Å². The Kier molecular flexibility index (Phi) is 3.74. The van der Waals surface area contributed by atoms with Gasteiger partial charge in [0.2, 0.25) is 0 Å². The molecule has 1 aromatic rings. The molecule has 4 heteroatoms. The van der Waals surface area contributed by atoms with E-state index in [9.17, 15) is 5.11 Å². The van der Waals surface area contributed by atoms with Crippen molar-refractivity contribution >= 4 is 5.69 Å². The summed E-state index contributed by atoms with van der Waals surface area (Å²) in [7, 11) is 3.23. The molecule has 0 saturated heterocycles. The summed E-state index contributed by atoms with van der Waals surface area (Å²) in [5.41, 5.74) is 0.952. The fraction of sp³-hybridized carbons (Fsp3) is 0.538. The van der Waals surface area contributed by atoms with Crippen molar-refractivity contribution in [3.63, 3.8) is 0 Å². The number of methoxy groups -OCH3 is 2. The van der Waals surface area contributed by atoms with Crippen LogP contribution in [0.5, 0.6) is 11.5 Å². The summed E-state index contributed by atoms with van der Waals surface area (Å²) < 4.78 is 10.4. The minimum absolute atomic E-state index is 0.146. The zero-order valence-electron chi connectivity index (χ0n) is 10.3. The van der Waals surface area contributed by atoms with Crippen molar-refractivity contribution in [1.82, 2.24) is 0 Å². The maximum Gasteiger partial charge on any atom is 0.162 e. The molecule has 1 aliphatic rings. The Balaban J connectivity index is 2.10. The van der Waals surface area contributed by atoms with Crippen molar-refractivity contribution in [1.29, 1.82) is 0 Å². The number of nitrogens with one attached hydrogen (secondary N) is 1. The number of hydrogen-bond acceptors (Lipinski definition) is 4. The molecular weight excluding hydrogens is 218 g/mol. The monoisotopic (exact) mass is 237 g/mol. The zero-order valence-corrected chi connectivity index (χ0v) is 10.3.